The van der Waals surface area contributed by atoms with Crippen LogP contribution in [0.4, 0.5) is 5.69 Å². The van der Waals surface area contributed by atoms with Crippen LogP contribution in [-0.4, -0.2) is 34.0 Å². The van der Waals surface area contributed by atoms with Crippen LogP contribution in [0, 0.1) is 0 Å². The summed E-state index contributed by atoms with van der Waals surface area (Å²) in [5.41, 5.74) is 2.15. The van der Waals surface area contributed by atoms with Gasteiger partial charge >= 0.3 is 0 Å². The van der Waals surface area contributed by atoms with E-state index in [1.807, 2.05) is 23.1 Å². The number of fused-ring (bicyclic) bond motifs is 1. The maximum Gasteiger partial charge on any atom is 0.250 e. The fourth-order valence-corrected chi connectivity index (χ4v) is 4.58. The molecule has 0 bridgehead atoms. The van der Waals surface area contributed by atoms with Gasteiger partial charge in [0.1, 0.15) is 6.04 Å². The maximum atomic E-state index is 13.4. The third-order valence-electron chi connectivity index (χ3n) is 6.17. The second kappa shape index (κ2) is 9.25. The molecule has 29 heavy (non-hydrogen) atoms. The quantitative estimate of drug-likeness (QED) is 0.842. The molecule has 1 fully saturated rings. The van der Waals surface area contributed by atoms with E-state index in [4.69, 9.17) is 0 Å². The van der Waals surface area contributed by atoms with E-state index in [2.05, 4.69) is 16.4 Å². The molecule has 1 aromatic heterocycles. The number of nitrogens with one attached hydrogen (secondary N) is 1. The number of nitrogens with zero attached hydrogens (tertiary/aromatic N) is 3. The number of amides is 2. The second-order valence-electron chi connectivity index (χ2n) is 8.21. The summed E-state index contributed by atoms with van der Waals surface area (Å²) in [6.07, 6.45) is 14.3. The highest BCUT2D eigenvalue weighted by Crippen LogP contribution is 2.30. The van der Waals surface area contributed by atoms with E-state index in [9.17, 15) is 9.59 Å². The molecule has 4 rings (SSSR count). The summed E-state index contributed by atoms with van der Waals surface area (Å²) >= 11 is 0. The van der Waals surface area contributed by atoms with Gasteiger partial charge in [-0.15, -0.1) is 0 Å². The lowest BCUT2D eigenvalue weighted by atomic mass is 9.96. The van der Waals surface area contributed by atoms with Crippen molar-refractivity contribution in [3.63, 3.8) is 0 Å². The first kappa shape index (κ1) is 19.7. The Morgan fingerprint density at radius 2 is 1.86 bits per heavy atom. The minimum Gasteiger partial charge on any atom is -0.353 e. The number of aromatic nitrogens is 2. The number of para-hydroxylation sites is 1. The normalized spacial score (nSPS) is 18.6. The summed E-state index contributed by atoms with van der Waals surface area (Å²) in [5, 5.41) is 3.20. The van der Waals surface area contributed by atoms with Gasteiger partial charge in [0.25, 0.3) is 5.91 Å². The Hall–Kier alpha value is -2.63. The highest BCUT2D eigenvalue weighted by molar-refractivity contribution is 6.00. The fraction of sp³-hybridized carbons (Fsp3) is 0.522. The molecule has 1 aliphatic heterocycles. The number of benzene rings is 1. The third-order valence-corrected chi connectivity index (χ3v) is 6.17. The van der Waals surface area contributed by atoms with Crippen LogP contribution in [0.3, 0.4) is 0 Å². The van der Waals surface area contributed by atoms with Crippen molar-refractivity contribution in [1.29, 1.82) is 0 Å². The van der Waals surface area contributed by atoms with Gasteiger partial charge in [-0.2, -0.15) is 0 Å². The Labute approximate surface area is 172 Å². The monoisotopic (exact) mass is 394 g/mol. The predicted octanol–water partition coefficient (Wildman–Crippen LogP) is 3.63. The fourth-order valence-electron chi connectivity index (χ4n) is 4.58. The van der Waals surface area contributed by atoms with Gasteiger partial charge in [0.15, 0.2) is 0 Å². The molecule has 0 radical (unpaired) electrons. The molecule has 0 saturated heterocycles. The predicted molar refractivity (Wildman–Crippen MR) is 113 cm³/mol. The van der Waals surface area contributed by atoms with E-state index in [0.717, 1.165) is 24.9 Å². The molecule has 0 spiro atoms. The molecular formula is C23H30N4O2. The van der Waals surface area contributed by atoms with E-state index in [1.54, 1.807) is 23.3 Å². The summed E-state index contributed by atoms with van der Waals surface area (Å²) in [7, 11) is 0. The zero-order chi connectivity index (χ0) is 20.1. The van der Waals surface area contributed by atoms with Crippen molar-refractivity contribution in [3.8, 4) is 0 Å². The number of carbonyl (C=O) groups excluding carboxylic acids is 2. The molecule has 2 aromatic rings. The Morgan fingerprint density at radius 3 is 2.62 bits per heavy atom. The topological polar surface area (TPSA) is 67.2 Å². The van der Waals surface area contributed by atoms with E-state index < -0.39 is 6.04 Å². The van der Waals surface area contributed by atoms with Crippen molar-refractivity contribution in [1.82, 2.24) is 14.9 Å². The van der Waals surface area contributed by atoms with Gasteiger partial charge in [-0.1, -0.05) is 50.3 Å². The van der Waals surface area contributed by atoms with Crippen LogP contribution in [0.15, 0.2) is 43.0 Å². The zero-order valence-corrected chi connectivity index (χ0v) is 16.9. The average Bonchev–Trinajstić information content (AvgIpc) is 3.37. The van der Waals surface area contributed by atoms with Crippen molar-refractivity contribution in [2.75, 3.05) is 11.4 Å². The number of imidazole rings is 1. The summed E-state index contributed by atoms with van der Waals surface area (Å²) in [6.45, 7) is 0.660. The Kier molecular flexibility index (Phi) is 6.27. The molecule has 1 aromatic carbocycles. The lowest BCUT2D eigenvalue weighted by Crippen LogP contribution is -2.41. The summed E-state index contributed by atoms with van der Waals surface area (Å²) in [5.74, 6) is -0.0872. The van der Waals surface area contributed by atoms with Crippen LogP contribution in [0.1, 0.15) is 63.0 Å². The van der Waals surface area contributed by atoms with Gasteiger partial charge in [0.05, 0.1) is 12.7 Å². The van der Waals surface area contributed by atoms with E-state index in [0.29, 0.717) is 6.54 Å². The Balaban J connectivity index is 1.46. The lowest BCUT2D eigenvalue weighted by molar-refractivity contribution is -0.128. The van der Waals surface area contributed by atoms with Crippen molar-refractivity contribution in [2.24, 2.45) is 0 Å². The van der Waals surface area contributed by atoms with Crippen LogP contribution in [-0.2, 0) is 16.0 Å². The molecule has 6 heteroatoms. The van der Waals surface area contributed by atoms with Crippen LogP contribution >= 0.6 is 0 Å². The third kappa shape index (κ3) is 4.69. The standard InChI is InChI=1S/C23H30N4O2/c28-22(25-19-9-4-2-1-3-5-10-19)16-21(26-15-13-24-17-26)23(29)27-14-12-18-8-6-7-11-20(18)27/h6-8,11,13,15,17,19,21H,1-5,9-10,12,14,16H2,(H,25,28)/t21-/m0/s1. The van der Waals surface area contributed by atoms with Crippen LogP contribution < -0.4 is 10.2 Å². The maximum absolute atomic E-state index is 13.4. The second-order valence-corrected chi connectivity index (χ2v) is 8.21. The van der Waals surface area contributed by atoms with Gasteiger partial charge in [-0.3, -0.25) is 9.59 Å². The van der Waals surface area contributed by atoms with Gasteiger partial charge < -0.3 is 14.8 Å². The van der Waals surface area contributed by atoms with Crippen LogP contribution in [0.25, 0.3) is 0 Å². The molecule has 0 unspecified atom stereocenters. The molecule has 1 atom stereocenters. The summed E-state index contributed by atoms with van der Waals surface area (Å²) < 4.78 is 1.76. The lowest BCUT2D eigenvalue weighted by Gasteiger charge is -2.26. The largest absolute Gasteiger partial charge is 0.353 e. The SMILES string of the molecule is O=C(C[C@@H](C(=O)N1CCc2ccccc21)n1ccnc1)NC1CCCCCCC1. The molecule has 2 amide bonds. The van der Waals surface area contributed by atoms with Crippen molar-refractivity contribution in [2.45, 2.75) is 69.9 Å². The number of hydrogen-bond donors (Lipinski definition) is 1. The van der Waals surface area contributed by atoms with E-state index >= 15 is 0 Å². The average molecular weight is 395 g/mol. The smallest absolute Gasteiger partial charge is 0.250 e. The number of hydrogen-bond acceptors (Lipinski definition) is 3. The first-order chi connectivity index (χ1) is 14.2. The highest BCUT2D eigenvalue weighted by atomic mass is 16.2. The van der Waals surface area contributed by atoms with Gasteiger partial charge in [0.2, 0.25) is 5.91 Å². The summed E-state index contributed by atoms with van der Waals surface area (Å²) in [4.78, 5) is 32.2. The molecule has 6 nitrogen and oxygen atoms in total. The van der Waals surface area contributed by atoms with Crippen molar-refractivity contribution < 1.29 is 9.59 Å². The number of carbonyl (C=O) groups is 2. The number of rotatable bonds is 5. The van der Waals surface area contributed by atoms with Crippen molar-refractivity contribution >= 4 is 17.5 Å². The molecular weight excluding hydrogens is 364 g/mol. The van der Waals surface area contributed by atoms with Gasteiger partial charge in [-0.05, 0) is 30.9 Å². The Morgan fingerprint density at radius 1 is 1.10 bits per heavy atom. The Bertz CT molecular complexity index is 825. The van der Waals surface area contributed by atoms with Crippen molar-refractivity contribution in [3.05, 3.63) is 48.5 Å². The summed E-state index contributed by atoms with van der Waals surface area (Å²) in [6, 6.07) is 7.67. The molecule has 2 aliphatic rings. The van der Waals surface area contributed by atoms with Gasteiger partial charge in [0, 0.05) is 30.7 Å². The first-order valence-corrected chi connectivity index (χ1v) is 10.9. The number of anilines is 1. The van der Waals surface area contributed by atoms with Crippen LogP contribution in [0.5, 0.6) is 0 Å². The molecule has 1 N–H and O–H groups in total. The molecule has 1 aliphatic carbocycles. The van der Waals surface area contributed by atoms with E-state index in [-0.39, 0.29) is 24.3 Å². The minimum absolute atomic E-state index is 0.0410. The zero-order valence-electron chi connectivity index (χ0n) is 16.9. The minimum atomic E-state index is -0.572. The first-order valence-electron chi connectivity index (χ1n) is 10.9. The van der Waals surface area contributed by atoms with Gasteiger partial charge in [-0.25, -0.2) is 4.98 Å². The highest BCUT2D eigenvalue weighted by Gasteiger charge is 2.32. The molecule has 2 heterocycles. The molecule has 1 saturated carbocycles. The van der Waals surface area contributed by atoms with E-state index in [1.165, 1.54) is 37.7 Å². The molecule has 154 valence electrons. The van der Waals surface area contributed by atoms with Crippen LogP contribution in [0.2, 0.25) is 0 Å².